The van der Waals surface area contributed by atoms with E-state index in [-0.39, 0.29) is 24.3 Å². The van der Waals surface area contributed by atoms with Crippen LogP contribution in [-0.2, 0) is 0 Å². The molecule has 0 amide bonds. The average Bonchev–Trinajstić information content (AvgIpc) is 2.30. The summed E-state index contributed by atoms with van der Waals surface area (Å²) in [6.07, 6.45) is 1.74. The minimum Gasteiger partial charge on any atom is -0.490 e. The first kappa shape index (κ1) is 11.3. The fraction of sp³-hybridized carbons (Fsp3) is 0.400. The summed E-state index contributed by atoms with van der Waals surface area (Å²) >= 11 is 0. The normalized spacial score (nSPS) is 20.0. The van der Waals surface area contributed by atoms with Crippen LogP contribution in [0.2, 0.25) is 0 Å². The van der Waals surface area contributed by atoms with Crippen molar-refractivity contribution in [3.05, 3.63) is 29.6 Å². The van der Waals surface area contributed by atoms with Crippen LogP contribution in [0.25, 0.3) is 0 Å². The summed E-state index contributed by atoms with van der Waals surface area (Å²) in [5.74, 6) is 0.0300. The zero-order chi connectivity index (χ0) is 9.26. The number of rotatable bonds is 0. The van der Waals surface area contributed by atoms with Crippen molar-refractivity contribution in [2.75, 3.05) is 6.61 Å². The van der Waals surface area contributed by atoms with E-state index in [0.29, 0.717) is 12.4 Å². The largest absolute Gasteiger partial charge is 0.490 e. The fourth-order valence-electron chi connectivity index (χ4n) is 1.60. The summed E-state index contributed by atoms with van der Waals surface area (Å²) in [5, 5.41) is 0. The highest BCUT2D eigenvalue weighted by Gasteiger charge is 2.18. The lowest BCUT2D eigenvalue weighted by atomic mass is 10.0. The minimum atomic E-state index is -0.310. The highest BCUT2D eigenvalue weighted by atomic mass is 35.5. The van der Waals surface area contributed by atoms with Gasteiger partial charge in [-0.25, -0.2) is 4.39 Å². The number of nitrogens with two attached hydrogens (primary N) is 1. The zero-order valence-corrected chi connectivity index (χ0v) is 8.52. The van der Waals surface area contributed by atoms with Crippen LogP contribution >= 0.6 is 12.4 Å². The first-order valence-corrected chi connectivity index (χ1v) is 4.46. The monoisotopic (exact) mass is 217 g/mol. The maximum Gasteiger partial charge on any atom is 0.165 e. The average molecular weight is 218 g/mol. The molecule has 4 heteroatoms. The van der Waals surface area contributed by atoms with Gasteiger partial charge in [-0.05, 0) is 18.9 Å². The summed E-state index contributed by atoms with van der Waals surface area (Å²) in [6, 6.07) is 4.81. The molecule has 2 N–H and O–H groups in total. The molecule has 0 saturated heterocycles. The molecule has 1 unspecified atom stereocenters. The highest BCUT2D eigenvalue weighted by molar-refractivity contribution is 5.85. The lowest BCUT2D eigenvalue weighted by Crippen LogP contribution is -2.09. The second kappa shape index (κ2) is 4.62. The van der Waals surface area contributed by atoms with E-state index in [1.165, 1.54) is 6.07 Å². The topological polar surface area (TPSA) is 35.2 Å². The van der Waals surface area contributed by atoms with Crippen molar-refractivity contribution in [1.82, 2.24) is 0 Å². The summed E-state index contributed by atoms with van der Waals surface area (Å²) in [4.78, 5) is 0. The number of hydrogen-bond donors (Lipinski definition) is 1. The van der Waals surface area contributed by atoms with E-state index in [1.54, 1.807) is 6.07 Å². The predicted molar refractivity (Wildman–Crippen MR) is 55.3 cm³/mol. The van der Waals surface area contributed by atoms with Crippen LogP contribution < -0.4 is 10.5 Å². The van der Waals surface area contributed by atoms with E-state index in [9.17, 15) is 4.39 Å². The van der Waals surface area contributed by atoms with Crippen LogP contribution in [0, 0.1) is 5.82 Å². The Morgan fingerprint density at radius 2 is 2.21 bits per heavy atom. The van der Waals surface area contributed by atoms with Gasteiger partial charge in [0.1, 0.15) is 0 Å². The highest BCUT2D eigenvalue weighted by Crippen LogP contribution is 2.31. The van der Waals surface area contributed by atoms with Gasteiger partial charge in [0.25, 0.3) is 0 Å². The zero-order valence-electron chi connectivity index (χ0n) is 7.70. The molecule has 0 aliphatic carbocycles. The van der Waals surface area contributed by atoms with Crippen LogP contribution in [0.3, 0.4) is 0 Å². The molecule has 1 aliphatic heterocycles. The second-order valence-corrected chi connectivity index (χ2v) is 3.26. The van der Waals surface area contributed by atoms with Crippen molar-refractivity contribution in [3.63, 3.8) is 0 Å². The molecule has 14 heavy (non-hydrogen) atoms. The molecule has 1 aliphatic rings. The standard InChI is InChI=1S/C10H12FNO.ClH/c11-8-4-1-3-7-9(12)5-2-6-13-10(7)8;/h1,3-4,9H,2,5-6,12H2;1H. The molecule has 1 aromatic carbocycles. The maximum atomic E-state index is 13.2. The summed E-state index contributed by atoms with van der Waals surface area (Å²) in [5.41, 5.74) is 6.66. The summed E-state index contributed by atoms with van der Waals surface area (Å²) in [6.45, 7) is 0.557. The molecule has 0 aromatic heterocycles. The van der Waals surface area contributed by atoms with Gasteiger partial charge in [-0.3, -0.25) is 0 Å². The van der Waals surface area contributed by atoms with E-state index < -0.39 is 0 Å². The Kier molecular flexibility index (Phi) is 3.72. The Morgan fingerprint density at radius 1 is 1.43 bits per heavy atom. The van der Waals surface area contributed by atoms with Crippen molar-refractivity contribution in [1.29, 1.82) is 0 Å². The maximum absolute atomic E-state index is 13.2. The number of benzene rings is 1. The van der Waals surface area contributed by atoms with Crippen LogP contribution in [-0.4, -0.2) is 6.61 Å². The van der Waals surface area contributed by atoms with Gasteiger partial charge < -0.3 is 10.5 Å². The van der Waals surface area contributed by atoms with Crippen molar-refractivity contribution in [2.45, 2.75) is 18.9 Å². The molecule has 0 saturated carbocycles. The predicted octanol–water partition coefficient (Wildman–Crippen LogP) is 2.42. The van der Waals surface area contributed by atoms with Crippen molar-refractivity contribution < 1.29 is 9.13 Å². The van der Waals surface area contributed by atoms with E-state index in [4.69, 9.17) is 10.5 Å². The first-order chi connectivity index (χ1) is 6.29. The summed E-state index contributed by atoms with van der Waals surface area (Å²) in [7, 11) is 0. The van der Waals surface area contributed by atoms with Crippen molar-refractivity contribution >= 4 is 12.4 Å². The molecule has 2 rings (SSSR count). The third-order valence-electron chi connectivity index (χ3n) is 2.30. The number of para-hydroxylation sites is 1. The molecule has 1 heterocycles. The van der Waals surface area contributed by atoms with Crippen molar-refractivity contribution in [3.8, 4) is 5.75 Å². The van der Waals surface area contributed by atoms with Gasteiger partial charge in [0.05, 0.1) is 6.61 Å². The Balaban J connectivity index is 0.000000980. The lowest BCUT2D eigenvalue weighted by Gasteiger charge is -2.11. The van der Waals surface area contributed by atoms with Gasteiger partial charge in [0, 0.05) is 11.6 Å². The van der Waals surface area contributed by atoms with Crippen molar-refractivity contribution in [2.24, 2.45) is 5.73 Å². The molecule has 2 nitrogen and oxygen atoms in total. The van der Waals surface area contributed by atoms with E-state index in [0.717, 1.165) is 18.4 Å². The van der Waals surface area contributed by atoms with Gasteiger partial charge in [-0.15, -0.1) is 12.4 Å². The second-order valence-electron chi connectivity index (χ2n) is 3.26. The minimum absolute atomic E-state index is 0. The summed E-state index contributed by atoms with van der Waals surface area (Å²) < 4.78 is 18.5. The molecule has 0 spiro atoms. The number of fused-ring (bicyclic) bond motifs is 1. The number of halogens is 2. The number of ether oxygens (including phenoxy) is 1. The quantitative estimate of drug-likeness (QED) is 0.725. The molecule has 78 valence electrons. The van der Waals surface area contributed by atoms with Crippen LogP contribution in [0.5, 0.6) is 5.75 Å². The Morgan fingerprint density at radius 3 is 3.00 bits per heavy atom. The molecular formula is C10H13ClFNO. The SMILES string of the molecule is Cl.NC1CCCOc2c(F)cccc21. The van der Waals surface area contributed by atoms with Crippen LogP contribution in [0.4, 0.5) is 4.39 Å². The van der Waals surface area contributed by atoms with E-state index >= 15 is 0 Å². The molecule has 1 aromatic rings. The fourth-order valence-corrected chi connectivity index (χ4v) is 1.60. The van der Waals surface area contributed by atoms with Gasteiger partial charge >= 0.3 is 0 Å². The van der Waals surface area contributed by atoms with Gasteiger partial charge in [0.2, 0.25) is 0 Å². The molecule has 1 atom stereocenters. The molecule has 0 bridgehead atoms. The third kappa shape index (κ3) is 1.99. The lowest BCUT2D eigenvalue weighted by molar-refractivity contribution is 0.301. The Bertz CT molecular complexity index is 319. The molecular weight excluding hydrogens is 205 g/mol. The van der Waals surface area contributed by atoms with Crippen LogP contribution in [0.1, 0.15) is 24.4 Å². The van der Waals surface area contributed by atoms with Gasteiger partial charge in [-0.2, -0.15) is 0 Å². The van der Waals surface area contributed by atoms with Gasteiger partial charge in [0.15, 0.2) is 11.6 Å². The Hall–Kier alpha value is -0.800. The molecule has 0 radical (unpaired) electrons. The Labute approximate surface area is 88.7 Å². The van der Waals surface area contributed by atoms with E-state index in [2.05, 4.69) is 0 Å². The smallest absolute Gasteiger partial charge is 0.165 e. The first-order valence-electron chi connectivity index (χ1n) is 4.46. The van der Waals surface area contributed by atoms with Crippen LogP contribution in [0.15, 0.2) is 18.2 Å². The molecule has 0 fully saturated rings. The third-order valence-corrected chi connectivity index (χ3v) is 2.30. The number of hydrogen-bond acceptors (Lipinski definition) is 2. The van der Waals surface area contributed by atoms with E-state index in [1.807, 2.05) is 6.07 Å². The van der Waals surface area contributed by atoms with Gasteiger partial charge in [-0.1, -0.05) is 12.1 Å².